The van der Waals surface area contributed by atoms with E-state index in [9.17, 15) is 14.0 Å². The van der Waals surface area contributed by atoms with Gasteiger partial charge in [0, 0.05) is 30.3 Å². The molecule has 1 amide bonds. The van der Waals surface area contributed by atoms with Gasteiger partial charge >= 0.3 is 0 Å². The third-order valence-corrected chi connectivity index (χ3v) is 4.14. The second-order valence-corrected chi connectivity index (χ2v) is 5.81. The molecule has 0 spiro atoms. The number of halogens is 1. The summed E-state index contributed by atoms with van der Waals surface area (Å²) in [4.78, 5) is 24.2. The fourth-order valence-corrected chi connectivity index (χ4v) is 2.95. The lowest BCUT2D eigenvalue weighted by Crippen LogP contribution is -2.34. The highest BCUT2D eigenvalue weighted by Crippen LogP contribution is 2.17. The van der Waals surface area contributed by atoms with E-state index in [0.29, 0.717) is 12.2 Å². The number of amides is 1. The van der Waals surface area contributed by atoms with Gasteiger partial charge in [0.1, 0.15) is 12.4 Å². The zero-order valence-corrected chi connectivity index (χ0v) is 13.0. The van der Waals surface area contributed by atoms with Gasteiger partial charge in [0.25, 0.3) is 0 Å². The van der Waals surface area contributed by atoms with Crippen LogP contribution >= 0.6 is 0 Å². The number of ether oxygens (including phenoxy) is 1. The smallest absolute Gasteiger partial charge is 0.240 e. The molecule has 1 N–H and O–H groups in total. The van der Waals surface area contributed by atoms with Crippen molar-refractivity contribution in [3.8, 4) is 0 Å². The number of hydrogen-bond acceptors (Lipinski definition) is 3. The van der Waals surface area contributed by atoms with Crippen LogP contribution in [0.1, 0.15) is 18.5 Å². The molecule has 1 aromatic heterocycles. The molecule has 2 heterocycles. The van der Waals surface area contributed by atoms with Crippen molar-refractivity contribution in [2.45, 2.75) is 32.4 Å². The van der Waals surface area contributed by atoms with E-state index in [4.69, 9.17) is 4.74 Å². The van der Waals surface area contributed by atoms with E-state index in [1.807, 2.05) is 0 Å². The lowest BCUT2D eigenvalue weighted by Gasteiger charge is -2.16. The average molecular weight is 318 g/mol. The summed E-state index contributed by atoms with van der Waals surface area (Å²) in [6.07, 6.45) is 2.01. The molecule has 1 aliphatic rings. The Hall–Kier alpha value is -2.21. The predicted octanol–water partition coefficient (Wildman–Crippen LogP) is 1.74. The van der Waals surface area contributed by atoms with Crippen molar-refractivity contribution >= 4 is 16.8 Å². The fourth-order valence-electron chi connectivity index (χ4n) is 2.95. The minimum Gasteiger partial charge on any atom is -0.376 e. The third kappa shape index (κ3) is 3.27. The van der Waals surface area contributed by atoms with Crippen molar-refractivity contribution in [1.82, 2.24) is 9.88 Å². The number of pyridine rings is 1. The average Bonchev–Trinajstić information content (AvgIpc) is 3.03. The number of carbonyl (C=O) groups is 1. The van der Waals surface area contributed by atoms with Gasteiger partial charge in [-0.3, -0.25) is 9.59 Å². The largest absolute Gasteiger partial charge is 0.376 e. The van der Waals surface area contributed by atoms with E-state index in [0.717, 1.165) is 19.4 Å². The Labute approximate surface area is 133 Å². The summed E-state index contributed by atoms with van der Waals surface area (Å²) in [6, 6.07) is 5.79. The number of benzene rings is 1. The molecule has 0 saturated carbocycles. The highest BCUT2D eigenvalue weighted by molar-refractivity contribution is 5.83. The van der Waals surface area contributed by atoms with Gasteiger partial charge in [0.15, 0.2) is 5.43 Å². The first-order valence-electron chi connectivity index (χ1n) is 7.73. The molecule has 6 heteroatoms. The third-order valence-electron chi connectivity index (χ3n) is 4.14. The highest BCUT2D eigenvalue weighted by Gasteiger charge is 2.17. The summed E-state index contributed by atoms with van der Waals surface area (Å²) in [6.45, 7) is 2.85. The molecule has 122 valence electrons. The molecule has 1 aliphatic heterocycles. The number of carbonyl (C=O) groups excluding carboxylic acids is 1. The van der Waals surface area contributed by atoms with Gasteiger partial charge in [-0.2, -0.15) is 0 Å². The van der Waals surface area contributed by atoms with Gasteiger partial charge < -0.3 is 14.6 Å². The van der Waals surface area contributed by atoms with Gasteiger partial charge in [0.2, 0.25) is 5.91 Å². The number of para-hydroxylation sites is 1. The SMILES string of the molecule is Cc1cc(=O)c2cccc(F)c2n1CC(=O)NCC1CCCO1. The molecule has 1 fully saturated rings. The number of aryl methyl sites for hydroxylation is 1. The van der Waals surface area contributed by atoms with Crippen LogP contribution in [-0.4, -0.2) is 29.7 Å². The maximum absolute atomic E-state index is 14.2. The summed E-state index contributed by atoms with van der Waals surface area (Å²) in [5.41, 5.74) is 0.484. The molecule has 0 radical (unpaired) electrons. The van der Waals surface area contributed by atoms with E-state index < -0.39 is 5.82 Å². The van der Waals surface area contributed by atoms with Crippen LogP contribution in [0.2, 0.25) is 0 Å². The molecule has 0 bridgehead atoms. The summed E-state index contributed by atoms with van der Waals surface area (Å²) in [5.74, 6) is -0.730. The summed E-state index contributed by atoms with van der Waals surface area (Å²) in [7, 11) is 0. The van der Waals surface area contributed by atoms with Crippen LogP contribution in [0.3, 0.4) is 0 Å². The monoisotopic (exact) mass is 318 g/mol. The standard InChI is InChI=1S/C17H19FN2O3/c1-11-8-15(21)13-5-2-6-14(18)17(13)20(11)10-16(22)19-9-12-4-3-7-23-12/h2,5-6,8,12H,3-4,7,9-10H2,1H3,(H,19,22). The maximum atomic E-state index is 14.2. The van der Waals surface area contributed by atoms with Crippen LogP contribution in [0.4, 0.5) is 4.39 Å². The van der Waals surface area contributed by atoms with Crippen LogP contribution in [0.25, 0.3) is 10.9 Å². The molecular weight excluding hydrogens is 299 g/mol. The molecule has 1 unspecified atom stereocenters. The molecule has 23 heavy (non-hydrogen) atoms. The van der Waals surface area contributed by atoms with Gasteiger partial charge in [-0.25, -0.2) is 4.39 Å². The normalized spacial score (nSPS) is 17.6. The van der Waals surface area contributed by atoms with Crippen LogP contribution in [0.5, 0.6) is 0 Å². The molecule has 1 atom stereocenters. The second kappa shape index (κ2) is 6.50. The number of nitrogens with zero attached hydrogens (tertiary/aromatic N) is 1. The van der Waals surface area contributed by atoms with E-state index in [1.54, 1.807) is 13.0 Å². The lowest BCUT2D eigenvalue weighted by molar-refractivity contribution is -0.122. The zero-order valence-electron chi connectivity index (χ0n) is 13.0. The Morgan fingerprint density at radius 1 is 1.48 bits per heavy atom. The number of hydrogen-bond donors (Lipinski definition) is 1. The summed E-state index contributed by atoms with van der Waals surface area (Å²) in [5, 5.41) is 3.09. The number of nitrogens with one attached hydrogen (secondary N) is 1. The van der Waals surface area contributed by atoms with Crippen LogP contribution < -0.4 is 10.7 Å². The second-order valence-electron chi connectivity index (χ2n) is 5.81. The zero-order chi connectivity index (χ0) is 16.4. The maximum Gasteiger partial charge on any atom is 0.240 e. The molecular formula is C17H19FN2O3. The lowest BCUT2D eigenvalue weighted by atomic mass is 10.1. The van der Waals surface area contributed by atoms with Crippen molar-refractivity contribution in [3.63, 3.8) is 0 Å². The number of fused-ring (bicyclic) bond motifs is 1. The molecule has 3 rings (SSSR count). The molecule has 5 nitrogen and oxygen atoms in total. The van der Waals surface area contributed by atoms with Crippen molar-refractivity contribution < 1.29 is 13.9 Å². The van der Waals surface area contributed by atoms with E-state index in [-0.39, 0.29) is 34.9 Å². The first kappa shape index (κ1) is 15.7. The quantitative estimate of drug-likeness (QED) is 0.934. The Morgan fingerprint density at radius 2 is 2.30 bits per heavy atom. The fraction of sp³-hybridized carbons (Fsp3) is 0.412. The minimum atomic E-state index is -0.504. The Morgan fingerprint density at radius 3 is 3.04 bits per heavy atom. The number of aromatic nitrogens is 1. The Kier molecular flexibility index (Phi) is 4.43. The first-order chi connectivity index (χ1) is 11.1. The van der Waals surface area contributed by atoms with E-state index in [2.05, 4.69) is 5.32 Å². The van der Waals surface area contributed by atoms with Gasteiger partial charge in [0.05, 0.1) is 11.6 Å². The van der Waals surface area contributed by atoms with Crippen LogP contribution in [0.15, 0.2) is 29.1 Å². The summed E-state index contributed by atoms with van der Waals surface area (Å²) >= 11 is 0. The van der Waals surface area contributed by atoms with Crippen molar-refractivity contribution in [2.75, 3.05) is 13.2 Å². The van der Waals surface area contributed by atoms with Crippen molar-refractivity contribution in [2.24, 2.45) is 0 Å². The van der Waals surface area contributed by atoms with E-state index >= 15 is 0 Å². The molecule has 0 aliphatic carbocycles. The van der Waals surface area contributed by atoms with Crippen molar-refractivity contribution in [1.29, 1.82) is 0 Å². The first-order valence-corrected chi connectivity index (χ1v) is 7.73. The molecule has 2 aromatic rings. The van der Waals surface area contributed by atoms with Crippen LogP contribution in [-0.2, 0) is 16.1 Å². The Balaban J connectivity index is 1.84. The van der Waals surface area contributed by atoms with Gasteiger partial charge in [-0.05, 0) is 31.9 Å². The van der Waals surface area contributed by atoms with E-state index in [1.165, 1.54) is 22.8 Å². The summed E-state index contributed by atoms with van der Waals surface area (Å²) < 4.78 is 21.2. The molecule has 1 saturated heterocycles. The predicted molar refractivity (Wildman–Crippen MR) is 84.9 cm³/mol. The highest BCUT2D eigenvalue weighted by atomic mass is 19.1. The molecule has 1 aromatic carbocycles. The van der Waals surface area contributed by atoms with Crippen LogP contribution in [0, 0.1) is 12.7 Å². The van der Waals surface area contributed by atoms with Gasteiger partial charge in [-0.15, -0.1) is 0 Å². The van der Waals surface area contributed by atoms with Gasteiger partial charge in [-0.1, -0.05) is 6.07 Å². The minimum absolute atomic E-state index is 0.0315. The number of rotatable bonds is 4. The Bertz CT molecular complexity index is 794. The van der Waals surface area contributed by atoms with Crippen molar-refractivity contribution in [3.05, 3.63) is 46.0 Å². The topological polar surface area (TPSA) is 60.3 Å².